The zero-order valence-electron chi connectivity index (χ0n) is 23.8. The molecule has 4 N–H and O–H groups in total. The third-order valence-corrected chi connectivity index (χ3v) is 7.37. The van der Waals surface area contributed by atoms with Crippen molar-refractivity contribution in [3.8, 4) is 5.75 Å². The molecule has 1 unspecified atom stereocenters. The van der Waals surface area contributed by atoms with Crippen molar-refractivity contribution in [3.05, 3.63) is 65.9 Å². The normalized spacial score (nSPS) is 18.6. The van der Waals surface area contributed by atoms with Crippen molar-refractivity contribution in [2.75, 3.05) is 32.1 Å². The summed E-state index contributed by atoms with van der Waals surface area (Å²) in [5.41, 5.74) is 3.32. The molecule has 42 heavy (non-hydrogen) atoms. The highest BCUT2D eigenvalue weighted by atomic mass is 16.5. The third kappa shape index (κ3) is 5.91. The lowest BCUT2D eigenvalue weighted by atomic mass is 10.0. The molecule has 0 radical (unpaired) electrons. The molecule has 5 heterocycles. The van der Waals surface area contributed by atoms with Crippen LogP contribution in [0.25, 0.3) is 6.08 Å². The van der Waals surface area contributed by atoms with E-state index in [-0.39, 0.29) is 11.9 Å². The van der Waals surface area contributed by atoms with Gasteiger partial charge in [0.05, 0.1) is 19.0 Å². The van der Waals surface area contributed by atoms with E-state index < -0.39 is 18.0 Å². The Kier molecular flexibility index (Phi) is 8.38. The van der Waals surface area contributed by atoms with E-state index in [0.717, 1.165) is 54.3 Å². The molecule has 0 bridgehead atoms. The number of urea groups is 1. The van der Waals surface area contributed by atoms with Gasteiger partial charge in [-0.2, -0.15) is 5.10 Å². The summed E-state index contributed by atoms with van der Waals surface area (Å²) in [5.74, 6) is 1.88. The van der Waals surface area contributed by atoms with E-state index in [1.807, 2.05) is 25.3 Å². The molecule has 0 saturated carbocycles. The van der Waals surface area contributed by atoms with E-state index in [9.17, 15) is 14.4 Å². The SMILES string of the molecule is C=Cc1oc(C2NC(=O)NC2=O)cc1N=C(C)N(c1cn[nH]c1)C1CCNCC1.COc1ccc2c(c1)C(=O)N(C)C2. The minimum Gasteiger partial charge on any atom is -0.497 e. The largest absolute Gasteiger partial charge is 0.497 e. The zero-order valence-corrected chi connectivity index (χ0v) is 23.8. The van der Waals surface area contributed by atoms with E-state index in [1.54, 1.807) is 37.4 Å². The molecule has 220 valence electrons. The maximum Gasteiger partial charge on any atom is 0.322 e. The molecule has 6 rings (SSSR count). The molecule has 2 aromatic heterocycles. The molecule has 1 aromatic carbocycles. The van der Waals surface area contributed by atoms with E-state index in [1.165, 1.54) is 6.08 Å². The van der Waals surface area contributed by atoms with Crippen LogP contribution in [0.1, 0.15) is 53.2 Å². The number of carbonyl (C=O) groups excluding carboxylic acids is 3. The minimum atomic E-state index is -0.875. The van der Waals surface area contributed by atoms with Crippen LogP contribution in [0, 0.1) is 0 Å². The number of anilines is 1. The fraction of sp³-hybridized carbons (Fsp3) is 0.345. The second kappa shape index (κ2) is 12.3. The van der Waals surface area contributed by atoms with Crippen LogP contribution in [0.15, 0.2) is 52.6 Å². The summed E-state index contributed by atoms with van der Waals surface area (Å²) >= 11 is 0. The molecule has 3 aromatic rings. The number of ether oxygens (including phenoxy) is 1. The highest BCUT2D eigenvalue weighted by Gasteiger charge is 2.34. The highest BCUT2D eigenvalue weighted by Crippen LogP contribution is 2.32. The van der Waals surface area contributed by atoms with Gasteiger partial charge in [-0.1, -0.05) is 12.6 Å². The first kappa shape index (κ1) is 28.6. The second-order valence-corrected chi connectivity index (χ2v) is 10.1. The second-order valence-electron chi connectivity index (χ2n) is 10.1. The third-order valence-electron chi connectivity index (χ3n) is 7.37. The van der Waals surface area contributed by atoms with Gasteiger partial charge in [-0.25, -0.2) is 9.79 Å². The van der Waals surface area contributed by atoms with Crippen molar-refractivity contribution in [1.29, 1.82) is 0 Å². The number of piperidine rings is 1. The summed E-state index contributed by atoms with van der Waals surface area (Å²) in [5, 5.41) is 15.0. The van der Waals surface area contributed by atoms with Gasteiger partial charge in [0.2, 0.25) is 0 Å². The molecule has 0 aliphatic carbocycles. The van der Waals surface area contributed by atoms with Crippen LogP contribution in [0.3, 0.4) is 0 Å². The Morgan fingerprint density at radius 1 is 1.24 bits per heavy atom. The van der Waals surface area contributed by atoms with E-state index in [4.69, 9.17) is 14.1 Å². The van der Waals surface area contributed by atoms with Crippen LogP contribution in [-0.2, 0) is 11.3 Å². The molecule has 1 atom stereocenters. The number of nitrogens with one attached hydrogen (secondary N) is 4. The maximum absolute atomic E-state index is 11.9. The van der Waals surface area contributed by atoms with Gasteiger partial charge >= 0.3 is 6.03 Å². The van der Waals surface area contributed by atoms with Crippen LogP contribution < -0.4 is 25.6 Å². The molecule has 0 spiro atoms. The average molecular weight is 575 g/mol. The first-order valence-corrected chi connectivity index (χ1v) is 13.6. The summed E-state index contributed by atoms with van der Waals surface area (Å²) < 4.78 is 10.8. The Morgan fingerprint density at radius 3 is 2.67 bits per heavy atom. The van der Waals surface area contributed by atoms with Crippen molar-refractivity contribution < 1.29 is 23.5 Å². The topological polar surface area (TPSA) is 157 Å². The summed E-state index contributed by atoms with van der Waals surface area (Å²) in [4.78, 5) is 43.5. The average Bonchev–Trinajstić information content (AvgIpc) is 3.78. The van der Waals surface area contributed by atoms with Crippen molar-refractivity contribution >= 4 is 41.1 Å². The fourth-order valence-electron chi connectivity index (χ4n) is 5.29. The first-order chi connectivity index (χ1) is 20.3. The summed E-state index contributed by atoms with van der Waals surface area (Å²) in [6, 6.07) is 6.14. The number of aromatic nitrogens is 2. The molecule has 2 saturated heterocycles. The lowest BCUT2D eigenvalue weighted by Crippen LogP contribution is -2.45. The molecule has 13 heteroatoms. The first-order valence-electron chi connectivity index (χ1n) is 13.6. The number of H-pyrrole nitrogens is 1. The van der Waals surface area contributed by atoms with Crippen LogP contribution >= 0.6 is 0 Å². The number of aliphatic imine (C=N–C) groups is 1. The molecule has 3 aliphatic heterocycles. The number of hydrogen-bond acceptors (Lipinski definition) is 8. The van der Waals surface area contributed by atoms with Crippen LogP contribution in [0.5, 0.6) is 5.75 Å². The molecule has 4 amide bonds. The van der Waals surface area contributed by atoms with Gasteiger partial charge in [-0.15, -0.1) is 0 Å². The van der Waals surface area contributed by atoms with Gasteiger partial charge in [-0.3, -0.25) is 20.0 Å². The number of furan rings is 1. The van der Waals surface area contributed by atoms with Crippen molar-refractivity contribution in [2.45, 2.75) is 38.4 Å². The highest BCUT2D eigenvalue weighted by molar-refractivity contribution is 6.04. The zero-order chi connectivity index (χ0) is 29.8. The minimum absolute atomic E-state index is 0.0777. The van der Waals surface area contributed by atoms with Gasteiger partial charge in [0.1, 0.15) is 23.0 Å². The van der Waals surface area contributed by atoms with Crippen molar-refractivity contribution in [1.82, 2.24) is 31.0 Å². The monoisotopic (exact) mass is 574 g/mol. The van der Waals surface area contributed by atoms with Gasteiger partial charge in [0.25, 0.3) is 11.8 Å². The van der Waals surface area contributed by atoms with E-state index in [0.29, 0.717) is 23.8 Å². The lowest BCUT2D eigenvalue weighted by Gasteiger charge is -2.35. The number of imide groups is 1. The number of aromatic amines is 1. The van der Waals surface area contributed by atoms with Gasteiger partial charge < -0.3 is 29.6 Å². The summed E-state index contributed by atoms with van der Waals surface area (Å²) in [7, 11) is 3.40. The fourth-order valence-corrected chi connectivity index (χ4v) is 5.29. The Labute approximate surface area is 243 Å². The molecular weight excluding hydrogens is 540 g/mol. The van der Waals surface area contributed by atoms with Gasteiger partial charge in [0.15, 0.2) is 11.8 Å². The van der Waals surface area contributed by atoms with Crippen LogP contribution in [-0.4, -0.2) is 72.1 Å². The van der Waals surface area contributed by atoms with Crippen molar-refractivity contribution in [2.24, 2.45) is 4.99 Å². The number of fused-ring (bicyclic) bond motifs is 1. The van der Waals surface area contributed by atoms with Gasteiger partial charge in [-0.05, 0) is 56.6 Å². The number of nitrogens with zero attached hydrogens (tertiary/aromatic N) is 4. The number of benzene rings is 1. The number of amides is 4. The van der Waals surface area contributed by atoms with Crippen LogP contribution in [0.4, 0.5) is 16.2 Å². The van der Waals surface area contributed by atoms with Crippen molar-refractivity contribution in [3.63, 3.8) is 0 Å². The molecule has 3 aliphatic rings. The van der Waals surface area contributed by atoms with E-state index >= 15 is 0 Å². The summed E-state index contributed by atoms with van der Waals surface area (Å²) in [6.45, 7) is 8.29. The number of carbonyl (C=O) groups is 3. The summed E-state index contributed by atoms with van der Waals surface area (Å²) in [6.07, 6.45) is 7.12. The number of rotatable bonds is 6. The quantitative estimate of drug-likeness (QED) is 0.199. The number of amidine groups is 1. The molecule has 2 fully saturated rings. The predicted molar refractivity (Wildman–Crippen MR) is 157 cm³/mol. The maximum atomic E-state index is 11.9. The Morgan fingerprint density at radius 2 is 2.02 bits per heavy atom. The molecular formula is C29H34N8O5. The standard InChI is InChI=1S/C19H23N7O3.C10H11NO2/c1-3-15-14(8-16(29-15)17-18(27)25-19(28)24-17)23-11(2)26(13-9-21-22-10-13)12-4-6-20-7-5-12;1-11-6-7-3-4-8(13-2)5-9(7)10(11)12/h3,8-10,12,17,20H,1,4-7H2,2H3,(H,21,22)(H2,24,25,27,28);3-5H,6H2,1-2H3. The molecule has 13 nitrogen and oxygen atoms in total. The smallest absolute Gasteiger partial charge is 0.322 e. The van der Waals surface area contributed by atoms with Crippen LogP contribution in [0.2, 0.25) is 0 Å². The number of methoxy groups -OCH3 is 1. The van der Waals surface area contributed by atoms with E-state index in [2.05, 4.69) is 37.6 Å². The number of hydrogen-bond donors (Lipinski definition) is 4. The Bertz CT molecular complexity index is 1510. The van der Waals surface area contributed by atoms with Gasteiger partial charge in [0, 0.05) is 37.5 Å². The lowest BCUT2D eigenvalue weighted by molar-refractivity contribution is -0.120. The predicted octanol–water partition coefficient (Wildman–Crippen LogP) is 3.12. The Balaban J connectivity index is 0.000000226. The Hall–Kier alpha value is -4.91.